The van der Waals surface area contributed by atoms with Gasteiger partial charge in [0, 0.05) is 62.9 Å². The van der Waals surface area contributed by atoms with E-state index in [4.69, 9.17) is 4.98 Å². The van der Waals surface area contributed by atoms with Crippen molar-refractivity contribution in [3.63, 3.8) is 0 Å². The molecule has 8 heteroatoms. The maximum absolute atomic E-state index is 4.72. The Balaban J connectivity index is 1.05. The summed E-state index contributed by atoms with van der Waals surface area (Å²) >= 11 is 0. The first-order chi connectivity index (χ1) is 19.7. The fraction of sp³-hybridized carbons (Fsp3) is 0.219. The fourth-order valence-corrected chi connectivity index (χ4v) is 4.92. The number of hydrogen-bond donors (Lipinski definition) is 1. The van der Waals surface area contributed by atoms with Gasteiger partial charge in [-0.25, -0.2) is 24.9 Å². The highest BCUT2D eigenvalue weighted by Crippen LogP contribution is 2.21. The third-order valence-electron chi connectivity index (χ3n) is 7.02. The van der Waals surface area contributed by atoms with Crippen LogP contribution < -0.4 is 10.2 Å². The number of hydrogen-bond acceptors (Lipinski definition) is 8. The molecule has 0 radical (unpaired) electrons. The average molecular weight is 529 g/mol. The SMILES string of the molecule is Cc1cccc(-c2nccc(Nc3ccnc(Cc4ccc(N5CCN(Cc6ccccc6)CC5)cc4)n3)n2)n1. The molecular formula is C32H32N8. The van der Waals surface area contributed by atoms with Gasteiger partial charge in [0.2, 0.25) is 0 Å². The van der Waals surface area contributed by atoms with Gasteiger partial charge in [-0.2, -0.15) is 0 Å². The molecule has 8 nitrogen and oxygen atoms in total. The smallest absolute Gasteiger partial charge is 0.180 e. The quantitative estimate of drug-likeness (QED) is 0.291. The van der Waals surface area contributed by atoms with Crippen molar-refractivity contribution in [2.75, 3.05) is 36.4 Å². The van der Waals surface area contributed by atoms with Crippen molar-refractivity contribution in [3.8, 4) is 11.5 Å². The number of nitrogens with zero attached hydrogens (tertiary/aromatic N) is 7. The standard InChI is InChI=1S/C32H32N8/c1-24-6-5-9-28(35-24)32-34-17-15-30(38-32)36-29-14-16-33-31(37-29)22-25-10-12-27(13-11-25)40-20-18-39(19-21-40)23-26-7-3-2-4-8-26/h2-17H,18-23H2,1H3,(H,33,34,36,37,38). The van der Waals surface area contributed by atoms with Crippen molar-refractivity contribution in [1.29, 1.82) is 0 Å². The van der Waals surface area contributed by atoms with E-state index in [1.165, 1.54) is 16.8 Å². The van der Waals surface area contributed by atoms with Crippen LogP contribution in [0.3, 0.4) is 0 Å². The van der Waals surface area contributed by atoms with Gasteiger partial charge in [-0.1, -0.05) is 48.5 Å². The lowest BCUT2D eigenvalue weighted by Gasteiger charge is -2.36. The number of piperazine rings is 1. The molecule has 3 aromatic heterocycles. The van der Waals surface area contributed by atoms with Crippen molar-refractivity contribution < 1.29 is 0 Å². The van der Waals surface area contributed by atoms with E-state index in [-0.39, 0.29) is 0 Å². The van der Waals surface area contributed by atoms with Gasteiger partial charge in [0.25, 0.3) is 0 Å². The molecule has 1 saturated heterocycles. The predicted octanol–water partition coefficient (Wildman–Crippen LogP) is 5.29. The van der Waals surface area contributed by atoms with Crippen LogP contribution in [-0.4, -0.2) is 56.0 Å². The van der Waals surface area contributed by atoms with Crippen LogP contribution in [0.1, 0.15) is 22.6 Å². The molecule has 4 heterocycles. The maximum atomic E-state index is 4.72. The number of aromatic nitrogens is 5. The van der Waals surface area contributed by atoms with Crippen molar-refractivity contribution in [2.45, 2.75) is 19.9 Å². The minimum Gasteiger partial charge on any atom is -0.369 e. The highest BCUT2D eigenvalue weighted by Gasteiger charge is 2.17. The number of nitrogens with one attached hydrogen (secondary N) is 1. The molecule has 0 unspecified atom stereocenters. The number of pyridine rings is 1. The molecule has 0 atom stereocenters. The van der Waals surface area contributed by atoms with Gasteiger partial charge in [0.1, 0.15) is 23.2 Å². The van der Waals surface area contributed by atoms with Crippen LogP contribution in [0, 0.1) is 6.92 Å². The molecule has 1 fully saturated rings. The molecular weight excluding hydrogens is 496 g/mol. The van der Waals surface area contributed by atoms with E-state index in [0.717, 1.165) is 49.9 Å². The third-order valence-corrected chi connectivity index (χ3v) is 7.02. The Kier molecular flexibility index (Phi) is 7.68. The number of aryl methyl sites for hydroxylation is 1. The monoisotopic (exact) mass is 528 g/mol. The molecule has 0 aliphatic carbocycles. The van der Waals surface area contributed by atoms with Gasteiger partial charge >= 0.3 is 0 Å². The topological polar surface area (TPSA) is 83.0 Å². The second-order valence-corrected chi connectivity index (χ2v) is 10.0. The van der Waals surface area contributed by atoms with E-state index in [2.05, 4.69) is 89.6 Å². The number of benzene rings is 2. The zero-order chi connectivity index (χ0) is 27.1. The highest BCUT2D eigenvalue weighted by atomic mass is 15.3. The van der Waals surface area contributed by atoms with Gasteiger partial charge in [0.05, 0.1) is 0 Å². The van der Waals surface area contributed by atoms with Crippen molar-refractivity contribution in [2.24, 2.45) is 0 Å². The van der Waals surface area contributed by atoms with Gasteiger partial charge < -0.3 is 10.2 Å². The lowest BCUT2D eigenvalue weighted by atomic mass is 10.1. The van der Waals surface area contributed by atoms with E-state index in [0.29, 0.717) is 23.9 Å². The first kappa shape index (κ1) is 25.6. The van der Waals surface area contributed by atoms with Crippen molar-refractivity contribution >= 4 is 17.3 Å². The summed E-state index contributed by atoms with van der Waals surface area (Å²) < 4.78 is 0. The number of rotatable bonds is 8. The molecule has 0 bridgehead atoms. The summed E-state index contributed by atoms with van der Waals surface area (Å²) in [6.45, 7) is 7.18. The molecule has 6 rings (SSSR count). The van der Waals surface area contributed by atoms with E-state index >= 15 is 0 Å². The molecule has 1 N–H and O–H groups in total. The molecule has 0 amide bonds. The lowest BCUT2D eigenvalue weighted by molar-refractivity contribution is 0.250. The molecule has 2 aromatic carbocycles. The zero-order valence-electron chi connectivity index (χ0n) is 22.6. The van der Waals surface area contributed by atoms with Crippen LogP contribution in [0.25, 0.3) is 11.5 Å². The van der Waals surface area contributed by atoms with Crippen molar-refractivity contribution in [1.82, 2.24) is 29.8 Å². The van der Waals surface area contributed by atoms with E-state index < -0.39 is 0 Å². The van der Waals surface area contributed by atoms with Crippen molar-refractivity contribution in [3.05, 3.63) is 120 Å². The number of anilines is 3. The van der Waals surface area contributed by atoms with E-state index in [1.807, 2.05) is 37.3 Å². The minimum absolute atomic E-state index is 0.570. The zero-order valence-corrected chi connectivity index (χ0v) is 22.6. The molecule has 5 aromatic rings. The minimum atomic E-state index is 0.570. The molecule has 0 spiro atoms. The Morgan fingerprint density at radius 1 is 0.675 bits per heavy atom. The Morgan fingerprint density at radius 2 is 1.43 bits per heavy atom. The second kappa shape index (κ2) is 12.0. The normalized spacial score (nSPS) is 13.8. The summed E-state index contributed by atoms with van der Waals surface area (Å²) in [5.74, 6) is 2.67. The summed E-state index contributed by atoms with van der Waals surface area (Å²) in [6, 6.07) is 29.0. The summed E-state index contributed by atoms with van der Waals surface area (Å²) in [5, 5.41) is 3.29. The largest absolute Gasteiger partial charge is 0.369 e. The Hall–Kier alpha value is -4.69. The maximum Gasteiger partial charge on any atom is 0.180 e. The first-order valence-corrected chi connectivity index (χ1v) is 13.6. The third kappa shape index (κ3) is 6.47. The van der Waals surface area contributed by atoms with Gasteiger partial charge in [-0.05, 0) is 54.4 Å². The lowest BCUT2D eigenvalue weighted by Crippen LogP contribution is -2.45. The van der Waals surface area contributed by atoms with Crippen LogP contribution in [0.5, 0.6) is 0 Å². The first-order valence-electron chi connectivity index (χ1n) is 13.6. The molecule has 200 valence electrons. The molecule has 1 aliphatic heterocycles. The highest BCUT2D eigenvalue weighted by molar-refractivity contribution is 5.56. The van der Waals surface area contributed by atoms with Gasteiger partial charge in [-0.15, -0.1) is 0 Å². The van der Waals surface area contributed by atoms with E-state index in [1.54, 1.807) is 12.4 Å². The fourth-order valence-electron chi connectivity index (χ4n) is 4.92. The molecule has 1 aliphatic rings. The average Bonchev–Trinajstić information content (AvgIpc) is 2.99. The molecule has 40 heavy (non-hydrogen) atoms. The van der Waals surface area contributed by atoms with Crippen LogP contribution in [0.4, 0.5) is 17.3 Å². The Morgan fingerprint density at radius 3 is 2.20 bits per heavy atom. The second-order valence-electron chi connectivity index (χ2n) is 10.0. The Bertz CT molecular complexity index is 1550. The summed E-state index contributed by atoms with van der Waals surface area (Å²) in [7, 11) is 0. The summed E-state index contributed by atoms with van der Waals surface area (Å²) in [6.07, 6.45) is 4.16. The summed E-state index contributed by atoms with van der Waals surface area (Å²) in [5.41, 5.74) is 5.49. The van der Waals surface area contributed by atoms with Gasteiger partial charge in [-0.3, -0.25) is 4.90 Å². The Labute approximate surface area is 234 Å². The van der Waals surface area contributed by atoms with Crippen LogP contribution in [0.15, 0.2) is 97.3 Å². The van der Waals surface area contributed by atoms with Gasteiger partial charge in [0.15, 0.2) is 5.82 Å². The van der Waals surface area contributed by atoms with Crippen LogP contribution in [-0.2, 0) is 13.0 Å². The van der Waals surface area contributed by atoms with Crippen LogP contribution >= 0.6 is 0 Å². The summed E-state index contributed by atoms with van der Waals surface area (Å²) in [4.78, 5) is 27.7. The molecule has 0 saturated carbocycles. The van der Waals surface area contributed by atoms with E-state index in [9.17, 15) is 0 Å². The predicted molar refractivity (Wildman–Crippen MR) is 158 cm³/mol. The van der Waals surface area contributed by atoms with Crippen LogP contribution in [0.2, 0.25) is 0 Å².